The molecule has 1 aliphatic rings. The van der Waals surface area contributed by atoms with Crippen molar-refractivity contribution < 1.29 is 5.11 Å². The van der Waals surface area contributed by atoms with E-state index in [1.165, 1.54) is 37.7 Å². The van der Waals surface area contributed by atoms with Crippen LogP contribution in [0.25, 0.3) is 0 Å². The first-order chi connectivity index (χ1) is 7.77. The van der Waals surface area contributed by atoms with Gasteiger partial charge in [0.15, 0.2) is 0 Å². The Balaban J connectivity index is 2.08. The second-order valence-electron chi connectivity index (χ2n) is 4.70. The SMILES string of the molecule is Cc1cccc(O)c1CC=C1CCCCC1. The van der Waals surface area contributed by atoms with Crippen LogP contribution in [0.2, 0.25) is 0 Å². The summed E-state index contributed by atoms with van der Waals surface area (Å²) in [6.07, 6.45) is 9.78. The summed E-state index contributed by atoms with van der Waals surface area (Å²) < 4.78 is 0. The summed E-state index contributed by atoms with van der Waals surface area (Å²) in [7, 11) is 0. The summed E-state index contributed by atoms with van der Waals surface area (Å²) >= 11 is 0. The molecule has 0 heterocycles. The quantitative estimate of drug-likeness (QED) is 0.737. The van der Waals surface area contributed by atoms with Crippen LogP contribution in [-0.2, 0) is 6.42 Å². The topological polar surface area (TPSA) is 20.2 Å². The van der Waals surface area contributed by atoms with Gasteiger partial charge in [0.25, 0.3) is 0 Å². The molecule has 1 heteroatoms. The van der Waals surface area contributed by atoms with Gasteiger partial charge in [0.1, 0.15) is 5.75 Å². The molecule has 0 unspecified atom stereocenters. The van der Waals surface area contributed by atoms with Crippen molar-refractivity contribution in [3.8, 4) is 5.75 Å². The van der Waals surface area contributed by atoms with Crippen molar-refractivity contribution >= 4 is 0 Å². The van der Waals surface area contributed by atoms with E-state index < -0.39 is 0 Å². The van der Waals surface area contributed by atoms with Crippen LogP contribution in [0.1, 0.15) is 43.2 Å². The van der Waals surface area contributed by atoms with Crippen LogP contribution in [0.3, 0.4) is 0 Å². The zero-order valence-electron chi connectivity index (χ0n) is 10.00. The first kappa shape index (κ1) is 11.3. The normalized spacial score (nSPS) is 16.2. The van der Waals surface area contributed by atoms with Gasteiger partial charge in [-0.05, 0) is 50.7 Å². The zero-order valence-corrected chi connectivity index (χ0v) is 10.00. The van der Waals surface area contributed by atoms with Gasteiger partial charge in [0, 0.05) is 5.56 Å². The number of hydrogen-bond acceptors (Lipinski definition) is 1. The molecule has 1 aliphatic carbocycles. The Hall–Kier alpha value is -1.24. The third-order valence-corrected chi connectivity index (χ3v) is 3.48. The Kier molecular flexibility index (Phi) is 3.66. The largest absolute Gasteiger partial charge is 0.508 e. The second-order valence-corrected chi connectivity index (χ2v) is 4.70. The lowest BCUT2D eigenvalue weighted by Crippen LogP contribution is -1.95. The van der Waals surface area contributed by atoms with E-state index in [2.05, 4.69) is 19.1 Å². The Morgan fingerprint density at radius 1 is 1.19 bits per heavy atom. The van der Waals surface area contributed by atoms with Crippen molar-refractivity contribution in [2.24, 2.45) is 0 Å². The van der Waals surface area contributed by atoms with Crippen molar-refractivity contribution in [1.29, 1.82) is 0 Å². The molecular formula is C15H20O. The first-order valence-electron chi connectivity index (χ1n) is 6.23. The molecule has 1 aromatic rings. The summed E-state index contributed by atoms with van der Waals surface area (Å²) in [5.41, 5.74) is 3.85. The molecule has 1 fully saturated rings. The smallest absolute Gasteiger partial charge is 0.119 e. The molecule has 1 N–H and O–H groups in total. The van der Waals surface area contributed by atoms with E-state index in [4.69, 9.17) is 0 Å². The number of aryl methyl sites for hydroxylation is 1. The van der Waals surface area contributed by atoms with E-state index in [9.17, 15) is 5.11 Å². The highest BCUT2D eigenvalue weighted by Crippen LogP contribution is 2.26. The molecule has 16 heavy (non-hydrogen) atoms. The highest BCUT2D eigenvalue weighted by Gasteiger charge is 2.06. The zero-order chi connectivity index (χ0) is 11.4. The molecule has 0 aliphatic heterocycles. The van der Waals surface area contributed by atoms with Gasteiger partial charge in [0.05, 0.1) is 0 Å². The molecule has 1 saturated carbocycles. The summed E-state index contributed by atoms with van der Waals surface area (Å²) in [6, 6.07) is 5.75. The predicted octanol–water partition coefficient (Wildman–Crippen LogP) is 4.13. The molecule has 1 nitrogen and oxygen atoms in total. The lowest BCUT2D eigenvalue weighted by atomic mass is 9.93. The van der Waals surface area contributed by atoms with Gasteiger partial charge in [0.2, 0.25) is 0 Å². The fourth-order valence-electron chi connectivity index (χ4n) is 2.41. The van der Waals surface area contributed by atoms with Crippen LogP contribution < -0.4 is 0 Å². The monoisotopic (exact) mass is 216 g/mol. The summed E-state index contributed by atoms with van der Waals surface area (Å²) in [4.78, 5) is 0. The molecule has 0 saturated heterocycles. The molecule has 0 bridgehead atoms. The molecule has 0 atom stereocenters. The minimum atomic E-state index is 0.438. The molecule has 1 aromatic carbocycles. The van der Waals surface area contributed by atoms with Gasteiger partial charge in [-0.3, -0.25) is 0 Å². The molecule has 0 aromatic heterocycles. The lowest BCUT2D eigenvalue weighted by molar-refractivity contribution is 0.469. The molecule has 0 spiro atoms. The van der Waals surface area contributed by atoms with Crippen LogP contribution in [0.4, 0.5) is 0 Å². The maximum absolute atomic E-state index is 9.79. The molecule has 0 radical (unpaired) electrons. The number of phenols is 1. The van der Waals surface area contributed by atoms with E-state index in [0.29, 0.717) is 5.75 Å². The maximum Gasteiger partial charge on any atom is 0.119 e. The number of hydrogen-bond donors (Lipinski definition) is 1. The fraction of sp³-hybridized carbons (Fsp3) is 0.467. The van der Waals surface area contributed by atoms with Gasteiger partial charge in [-0.15, -0.1) is 0 Å². The molecular weight excluding hydrogens is 196 g/mol. The van der Waals surface area contributed by atoms with Crippen LogP contribution >= 0.6 is 0 Å². The van der Waals surface area contributed by atoms with Crippen LogP contribution in [0.5, 0.6) is 5.75 Å². The van der Waals surface area contributed by atoms with E-state index >= 15 is 0 Å². The van der Waals surface area contributed by atoms with Gasteiger partial charge in [-0.1, -0.05) is 30.2 Å². The van der Waals surface area contributed by atoms with E-state index in [0.717, 1.165) is 12.0 Å². The third-order valence-electron chi connectivity index (χ3n) is 3.48. The maximum atomic E-state index is 9.79. The summed E-state index contributed by atoms with van der Waals surface area (Å²) in [5.74, 6) is 0.438. The van der Waals surface area contributed by atoms with E-state index in [1.54, 1.807) is 11.6 Å². The molecule has 2 rings (SSSR count). The first-order valence-corrected chi connectivity index (χ1v) is 6.23. The fourth-order valence-corrected chi connectivity index (χ4v) is 2.41. The summed E-state index contributed by atoms with van der Waals surface area (Å²) in [6.45, 7) is 2.06. The number of benzene rings is 1. The predicted molar refractivity (Wildman–Crippen MR) is 67.7 cm³/mol. The van der Waals surface area contributed by atoms with Crippen molar-refractivity contribution in [2.45, 2.75) is 45.4 Å². The van der Waals surface area contributed by atoms with Crippen molar-refractivity contribution in [3.05, 3.63) is 41.0 Å². The Labute approximate surface area is 97.8 Å². The summed E-state index contributed by atoms with van der Waals surface area (Å²) in [5, 5.41) is 9.79. The number of phenolic OH excluding ortho intramolecular Hbond substituents is 1. The Bertz CT molecular complexity index is 362. The minimum Gasteiger partial charge on any atom is -0.508 e. The minimum absolute atomic E-state index is 0.438. The highest BCUT2D eigenvalue weighted by atomic mass is 16.3. The highest BCUT2D eigenvalue weighted by molar-refractivity contribution is 5.40. The lowest BCUT2D eigenvalue weighted by Gasteiger charge is -2.14. The Morgan fingerprint density at radius 3 is 2.62 bits per heavy atom. The number of allylic oxidation sites excluding steroid dienone is 2. The third kappa shape index (κ3) is 2.66. The second kappa shape index (κ2) is 5.20. The van der Waals surface area contributed by atoms with Crippen molar-refractivity contribution in [1.82, 2.24) is 0 Å². The standard InChI is InChI=1S/C15H20O/c1-12-6-5-9-15(16)14(12)11-10-13-7-3-2-4-8-13/h5-6,9-10,16H,2-4,7-8,11H2,1H3. The van der Waals surface area contributed by atoms with Gasteiger partial charge in [-0.2, -0.15) is 0 Å². The van der Waals surface area contributed by atoms with Gasteiger partial charge >= 0.3 is 0 Å². The molecule has 86 valence electrons. The number of aromatic hydroxyl groups is 1. The van der Waals surface area contributed by atoms with E-state index in [1.807, 2.05) is 6.07 Å². The molecule has 0 amide bonds. The van der Waals surface area contributed by atoms with Gasteiger partial charge < -0.3 is 5.11 Å². The van der Waals surface area contributed by atoms with Crippen molar-refractivity contribution in [2.75, 3.05) is 0 Å². The van der Waals surface area contributed by atoms with Gasteiger partial charge in [-0.25, -0.2) is 0 Å². The van der Waals surface area contributed by atoms with Crippen molar-refractivity contribution in [3.63, 3.8) is 0 Å². The van der Waals surface area contributed by atoms with Crippen LogP contribution in [0.15, 0.2) is 29.8 Å². The van der Waals surface area contributed by atoms with Crippen LogP contribution in [-0.4, -0.2) is 5.11 Å². The average Bonchev–Trinajstić information content (AvgIpc) is 2.30. The average molecular weight is 216 g/mol. The van der Waals surface area contributed by atoms with E-state index in [-0.39, 0.29) is 0 Å². The number of rotatable bonds is 2. The Morgan fingerprint density at radius 2 is 1.94 bits per heavy atom. The van der Waals surface area contributed by atoms with Crippen LogP contribution in [0, 0.1) is 6.92 Å².